The van der Waals surface area contributed by atoms with Crippen molar-refractivity contribution in [1.29, 1.82) is 0 Å². The first-order chi connectivity index (χ1) is 8.30. The number of carbonyl (C=O) groups is 2. The molecule has 0 fully saturated rings. The van der Waals surface area contributed by atoms with Crippen molar-refractivity contribution in [3.8, 4) is 0 Å². The molecule has 1 aromatic heterocycles. The van der Waals surface area contributed by atoms with E-state index in [1.54, 1.807) is 10.8 Å². The number of nitrogens with two attached hydrogens (primary N) is 1. The van der Waals surface area contributed by atoms with Gasteiger partial charge in [0.05, 0.1) is 6.33 Å². The number of aromatic nitrogens is 2. The van der Waals surface area contributed by atoms with Crippen molar-refractivity contribution in [3.05, 3.63) is 18.2 Å². The second-order valence-electron chi connectivity index (χ2n) is 4.51. The van der Waals surface area contributed by atoms with Crippen LogP contribution < -0.4 is 5.73 Å². The third-order valence-corrected chi connectivity index (χ3v) is 2.91. The monoisotopic (exact) mass is 254 g/mol. The lowest BCUT2D eigenvalue weighted by Gasteiger charge is -2.30. The summed E-state index contributed by atoms with van der Waals surface area (Å²) in [7, 11) is 1.44. The molecule has 0 aliphatic carbocycles. The molecule has 0 atom stereocenters. The van der Waals surface area contributed by atoms with E-state index in [1.165, 1.54) is 27.2 Å². The van der Waals surface area contributed by atoms with Crippen molar-refractivity contribution in [2.24, 2.45) is 5.73 Å². The highest BCUT2D eigenvalue weighted by molar-refractivity contribution is 5.95. The highest BCUT2D eigenvalue weighted by Gasteiger charge is 2.36. The third-order valence-electron chi connectivity index (χ3n) is 2.91. The van der Waals surface area contributed by atoms with Gasteiger partial charge in [-0.1, -0.05) is 0 Å². The minimum absolute atomic E-state index is 0.209. The maximum atomic E-state index is 12.1. The van der Waals surface area contributed by atoms with Crippen molar-refractivity contribution >= 4 is 11.9 Å². The predicted octanol–water partition coefficient (Wildman–Crippen LogP) is -0.223. The molecular weight excluding hydrogens is 236 g/mol. The van der Waals surface area contributed by atoms with E-state index in [0.717, 1.165) is 4.90 Å². The molecule has 0 aliphatic rings. The lowest BCUT2D eigenvalue weighted by molar-refractivity contribution is -0.147. The molecule has 1 heterocycles. The number of nitrogens with zero attached hydrogens (tertiary/aromatic N) is 3. The molecule has 1 amide bonds. The largest absolute Gasteiger partial charge is 0.480 e. The Morgan fingerprint density at radius 3 is 2.67 bits per heavy atom. The Labute approximate surface area is 105 Å². The first kappa shape index (κ1) is 14.2. The van der Waals surface area contributed by atoms with Gasteiger partial charge in [0.1, 0.15) is 11.2 Å². The van der Waals surface area contributed by atoms with Crippen molar-refractivity contribution in [3.63, 3.8) is 0 Å². The maximum absolute atomic E-state index is 12.1. The minimum Gasteiger partial charge on any atom is -0.480 e. The van der Waals surface area contributed by atoms with Gasteiger partial charge >= 0.3 is 5.97 Å². The van der Waals surface area contributed by atoms with Crippen LogP contribution in [-0.4, -0.2) is 50.6 Å². The molecule has 0 aromatic carbocycles. The van der Waals surface area contributed by atoms with Crippen molar-refractivity contribution in [1.82, 2.24) is 14.5 Å². The molecule has 0 saturated heterocycles. The minimum atomic E-state index is -1.28. The third kappa shape index (κ3) is 2.67. The zero-order valence-corrected chi connectivity index (χ0v) is 10.8. The second kappa shape index (κ2) is 5.18. The van der Waals surface area contributed by atoms with Crippen LogP contribution in [0.15, 0.2) is 12.5 Å². The number of carboxylic acids is 1. The van der Waals surface area contributed by atoms with Crippen LogP contribution in [0.2, 0.25) is 0 Å². The summed E-state index contributed by atoms with van der Waals surface area (Å²) < 4.78 is 1.69. The van der Waals surface area contributed by atoms with E-state index in [2.05, 4.69) is 4.98 Å². The molecular formula is C11H18N4O3. The summed E-state index contributed by atoms with van der Waals surface area (Å²) in [6.07, 6.45) is 3.06. The van der Waals surface area contributed by atoms with E-state index < -0.39 is 17.4 Å². The number of carboxylic acid groups (broad SMARTS) is 1. The van der Waals surface area contributed by atoms with E-state index in [0.29, 0.717) is 13.1 Å². The number of amides is 1. The van der Waals surface area contributed by atoms with Crippen molar-refractivity contribution < 1.29 is 14.7 Å². The quantitative estimate of drug-likeness (QED) is 0.756. The van der Waals surface area contributed by atoms with Crippen molar-refractivity contribution in [2.75, 3.05) is 13.6 Å². The maximum Gasteiger partial charge on any atom is 0.329 e. The molecule has 3 N–H and O–H groups in total. The molecule has 1 rings (SSSR count). The Bertz CT molecular complexity index is 453. The number of carbonyl (C=O) groups excluding carboxylic acids is 1. The predicted molar refractivity (Wildman–Crippen MR) is 65.1 cm³/mol. The highest BCUT2D eigenvalue weighted by atomic mass is 16.4. The van der Waals surface area contributed by atoms with Crippen molar-refractivity contribution in [2.45, 2.75) is 25.9 Å². The number of rotatable bonds is 5. The van der Waals surface area contributed by atoms with Gasteiger partial charge < -0.3 is 20.3 Å². The molecule has 7 heteroatoms. The van der Waals surface area contributed by atoms with E-state index in [9.17, 15) is 9.59 Å². The van der Waals surface area contributed by atoms with Gasteiger partial charge in [0.2, 0.25) is 0 Å². The number of hydrogen-bond acceptors (Lipinski definition) is 4. The fourth-order valence-electron chi connectivity index (χ4n) is 1.31. The summed E-state index contributed by atoms with van der Waals surface area (Å²) in [5, 5.41) is 9.06. The Balaban J connectivity index is 2.89. The first-order valence-corrected chi connectivity index (χ1v) is 5.54. The normalized spacial score (nSPS) is 11.3. The Hall–Kier alpha value is -1.89. The summed E-state index contributed by atoms with van der Waals surface area (Å²) in [6.45, 7) is 3.93. The van der Waals surface area contributed by atoms with E-state index in [-0.39, 0.29) is 5.69 Å². The van der Waals surface area contributed by atoms with Gasteiger partial charge in [-0.15, -0.1) is 0 Å². The van der Waals surface area contributed by atoms with Crippen LogP contribution >= 0.6 is 0 Å². The summed E-state index contributed by atoms with van der Waals surface area (Å²) >= 11 is 0. The number of imidazole rings is 1. The van der Waals surface area contributed by atoms with Gasteiger partial charge in [0.15, 0.2) is 0 Å². The number of aliphatic carboxylic acids is 1. The molecule has 7 nitrogen and oxygen atoms in total. The summed E-state index contributed by atoms with van der Waals surface area (Å²) in [4.78, 5) is 28.2. The van der Waals surface area contributed by atoms with Crippen LogP contribution in [0.4, 0.5) is 0 Å². The molecule has 0 aliphatic heterocycles. The smallest absolute Gasteiger partial charge is 0.329 e. The fourth-order valence-corrected chi connectivity index (χ4v) is 1.31. The van der Waals surface area contributed by atoms with Gasteiger partial charge in [-0.2, -0.15) is 0 Å². The highest BCUT2D eigenvalue weighted by Crippen LogP contribution is 2.15. The lowest BCUT2D eigenvalue weighted by Crippen LogP contribution is -2.50. The molecule has 0 bridgehead atoms. The molecule has 0 unspecified atom stereocenters. The average molecular weight is 254 g/mol. The number of likely N-dealkylation sites (N-methyl/N-ethyl adjacent to an activating group) is 1. The molecule has 0 saturated carbocycles. The summed E-state index contributed by atoms with van der Waals surface area (Å²) in [5.41, 5.74) is 4.32. The average Bonchev–Trinajstić information content (AvgIpc) is 2.76. The molecule has 0 radical (unpaired) electrons. The van der Waals surface area contributed by atoms with Crippen LogP contribution in [0.5, 0.6) is 0 Å². The van der Waals surface area contributed by atoms with Crippen LogP contribution in [0.1, 0.15) is 24.3 Å². The lowest BCUT2D eigenvalue weighted by atomic mass is 10.0. The topological polar surface area (TPSA) is 101 Å². The second-order valence-corrected chi connectivity index (χ2v) is 4.51. The first-order valence-electron chi connectivity index (χ1n) is 5.54. The molecule has 18 heavy (non-hydrogen) atoms. The van der Waals surface area contributed by atoms with Gasteiger partial charge in [-0.3, -0.25) is 4.79 Å². The summed E-state index contributed by atoms with van der Waals surface area (Å²) in [5.74, 6) is -1.50. The summed E-state index contributed by atoms with van der Waals surface area (Å²) in [6, 6.07) is 0. The SMILES string of the molecule is CN(C(=O)c1cn(CCN)cn1)C(C)(C)C(=O)O. The van der Waals surface area contributed by atoms with Gasteiger partial charge in [0, 0.05) is 26.3 Å². The van der Waals surface area contributed by atoms with Gasteiger partial charge in [-0.05, 0) is 13.8 Å². The molecule has 0 spiro atoms. The Kier molecular flexibility index (Phi) is 4.07. The zero-order valence-electron chi connectivity index (χ0n) is 10.8. The Morgan fingerprint density at radius 1 is 1.56 bits per heavy atom. The van der Waals surface area contributed by atoms with Crippen LogP contribution in [0, 0.1) is 0 Å². The zero-order chi connectivity index (χ0) is 13.9. The standard InChI is InChI=1S/C11H18N4O3/c1-11(2,10(17)18)14(3)9(16)8-6-15(5-4-12)7-13-8/h6-7H,4-5,12H2,1-3H3,(H,17,18). The molecule has 1 aromatic rings. The Morgan fingerprint density at radius 2 is 2.17 bits per heavy atom. The van der Waals surface area contributed by atoms with Gasteiger partial charge in [0.25, 0.3) is 5.91 Å². The van der Waals surface area contributed by atoms with Gasteiger partial charge in [-0.25, -0.2) is 9.78 Å². The number of hydrogen-bond donors (Lipinski definition) is 2. The van der Waals surface area contributed by atoms with Crippen LogP contribution in [0.3, 0.4) is 0 Å². The molecule has 100 valence electrons. The van der Waals surface area contributed by atoms with E-state index in [4.69, 9.17) is 10.8 Å². The van der Waals surface area contributed by atoms with Crippen LogP contribution in [0.25, 0.3) is 0 Å². The van der Waals surface area contributed by atoms with E-state index in [1.807, 2.05) is 0 Å². The van der Waals surface area contributed by atoms with E-state index >= 15 is 0 Å². The van der Waals surface area contributed by atoms with Crippen LogP contribution in [-0.2, 0) is 11.3 Å². The fraction of sp³-hybridized carbons (Fsp3) is 0.545.